The molecule has 0 aliphatic carbocycles. The van der Waals surface area contributed by atoms with Gasteiger partial charge >= 0.3 is 0 Å². The Morgan fingerprint density at radius 1 is 1.25 bits per heavy atom. The number of nitrogens with one attached hydrogen (secondary N) is 1. The van der Waals surface area contributed by atoms with E-state index in [9.17, 15) is 4.79 Å². The zero-order valence-corrected chi connectivity index (χ0v) is 17.2. The normalized spacial score (nSPS) is 18.9. The minimum absolute atomic E-state index is 0. The number of likely N-dealkylation sites (N-methyl/N-ethyl adjacent to an activating group) is 1. The highest BCUT2D eigenvalue weighted by atomic mass is 35.5. The number of fused-ring (bicyclic) bond motifs is 2. The van der Waals surface area contributed by atoms with Gasteiger partial charge in [-0.25, -0.2) is 9.97 Å². The molecule has 6 nitrogen and oxygen atoms in total. The molecule has 4 rings (SSSR count). The van der Waals surface area contributed by atoms with Gasteiger partial charge in [-0.3, -0.25) is 4.79 Å². The van der Waals surface area contributed by atoms with Crippen LogP contribution in [0.3, 0.4) is 0 Å². The summed E-state index contributed by atoms with van der Waals surface area (Å²) in [6, 6.07) is 9.88. The maximum absolute atomic E-state index is 12.5. The van der Waals surface area contributed by atoms with Crippen molar-refractivity contribution in [1.29, 1.82) is 0 Å². The lowest BCUT2D eigenvalue weighted by molar-refractivity contribution is -0.142. The maximum atomic E-state index is 12.5. The monoisotopic (exact) mass is 402 g/mol. The van der Waals surface area contributed by atoms with Crippen molar-refractivity contribution in [2.45, 2.75) is 37.8 Å². The number of carbonyl (C=O) groups is 1. The van der Waals surface area contributed by atoms with Gasteiger partial charge in [-0.15, -0.1) is 12.4 Å². The number of likely N-dealkylation sites (tertiary alicyclic amines) is 1. The molecule has 7 heteroatoms. The van der Waals surface area contributed by atoms with E-state index >= 15 is 0 Å². The van der Waals surface area contributed by atoms with Gasteiger partial charge in [0.25, 0.3) is 0 Å². The molecule has 0 saturated carbocycles. The highest BCUT2D eigenvalue weighted by molar-refractivity contribution is 5.85. The largest absolute Gasteiger partial charge is 0.368 e. The number of halogens is 1. The standard InChI is InChI=1S/C21H26N4O2.ClH/c1-15(22-2)20(26)25-11-9-21(10-12-25)18-17(8-13-27-21)14-23-19(24-18)16-6-4-3-5-7-16;/h3-7,14-15,22H,8-13H2,1-2H3;1H/t15-;/m0./s1. The van der Waals surface area contributed by atoms with Crippen LogP contribution in [-0.2, 0) is 21.6 Å². The van der Waals surface area contributed by atoms with Crippen LogP contribution in [0.1, 0.15) is 31.0 Å². The fourth-order valence-corrected chi connectivity index (χ4v) is 4.00. The van der Waals surface area contributed by atoms with Crippen molar-refractivity contribution in [3.05, 3.63) is 47.8 Å². The molecule has 0 unspecified atom stereocenters. The molecular weight excluding hydrogens is 376 g/mol. The van der Waals surface area contributed by atoms with Gasteiger partial charge in [-0.2, -0.15) is 0 Å². The van der Waals surface area contributed by atoms with Gasteiger partial charge in [0.2, 0.25) is 5.91 Å². The Morgan fingerprint density at radius 2 is 1.96 bits per heavy atom. The first kappa shape index (κ1) is 20.7. The number of carbonyl (C=O) groups excluding carboxylic acids is 1. The summed E-state index contributed by atoms with van der Waals surface area (Å²) in [7, 11) is 1.82. The van der Waals surface area contributed by atoms with E-state index in [1.54, 1.807) is 0 Å². The van der Waals surface area contributed by atoms with Crippen molar-refractivity contribution < 1.29 is 9.53 Å². The average molecular weight is 403 g/mol. The van der Waals surface area contributed by atoms with E-state index in [-0.39, 0.29) is 24.4 Å². The third-order valence-corrected chi connectivity index (χ3v) is 5.76. The number of amides is 1. The van der Waals surface area contributed by atoms with Crippen molar-refractivity contribution in [2.24, 2.45) is 0 Å². The van der Waals surface area contributed by atoms with Crippen LogP contribution in [0.15, 0.2) is 36.5 Å². The number of aromatic nitrogens is 2. The summed E-state index contributed by atoms with van der Waals surface area (Å²) in [6.07, 6.45) is 4.34. The van der Waals surface area contributed by atoms with Crippen LogP contribution >= 0.6 is 12.4 Å². The Morgan fingerprint density at radius 3 is 2.64 bits per heavy atom. The molecule has 0 bridgehead atoms. The number of ether oxygens (including phenoxy) is 1. The Kier molecular flexibility index (Phi) is 6.33. The van der Waals surface area contributed by atoms with Crippen LogP contribution < -0.4 is 5.32 Å². The Hall–Kier alpha value is -2.02. The second-order valence-electron chi connectivity index (χ2n) is 7.36. The summed E-state index contributed by atoms with van der Waals surface area (Å²) < 4.78 is 6.29. The predicted molar refractivity (Wildman–Crippen MR) is 110 cm³/mol. The molecule has 2 aromatic rings. The lowest BCUT2D eigenvalue weighted by Gasteiger charge is -2.44. The first-order chi connectivity index (χ1) is 13.1. The molecule has 1 fully saturated rings. The predicted octanol–water partition coefficient (Wildman–Crippen LogP) is 2.56. The summed E-state index contributed by atoms with van der Waals surface area (Å²) in [5.41, 5.74) is 2.79. The SMILES string of the molecule is CN[C@@H](C)C(=O)N1CCC2(CC1)OCCc1cnc(-c3ccccc3)nc12.Cl. The third kappa shape index (κ3) is 3.77. The number of hydrogen-bond donors (Lipinski definition) is 1. The van der Waals surface area contributed by atoms with Gasteiger partial charge in [0, 0.05) is 24.8 Å². The fraction of sp³-hybridized carbons (Fsp3) is 0.476. The van der Waals surface area contributed by atoms with Crippen LogP contribution in [-0.4, -0.2) is 53.6 Å². The van der Waals surface area contributed by atoms with Gasteiger partial charge in [0.1, 0.15) is 5.60 Å². The zero-order valence-electron chi connectivity index (χ0n) is 16.4. The van der Waals surface area contributed by atoms with E-state index in [2.05, 4.69) is 10.3 Å². The molecule has 2 aliphatic rings. The molecule has 1 aromatic heterocycles. The summed E-state index contributed by atoms with van der Waals surface area (Å²) in [5.74, 6) is 0.887. The molecule has 1 aromatic carbocycles. The van der Waals surface area contributed by atoms with Crippen molar-refractivity contribution in [3.63, 3.8) is 0 Å². The molecule has 150 valence electrons. The highest BCUT2D eigenvalue weighted by Crippen LogP contribution is 2.41. The van der Waals surface area contributed by atoms with Gasteiger partial charge in [-0.1, -0.05) is 30.3 Å². The third-order valence-electron chi connectivity index (χ3n) is 5.76. The number of benzene rings is 1. The summed E-state index contributed by atoms with van der Waals surface area (Å²) in [4.78, 5) is 23.9. The van der Waals surface area contributed by atoms with Crippen LogP contribution in [0, 0.1) is 0 Å². The average Bonchev–Trinajstić information content (AvgIpc) is 2.74. The Balaban J connectivity index is 0.00000225. The molecule has 1 atom stereocenters. The van der Waals surface area contributed by atoms with Crippen LogP contribution in [0.5, 0.6) is 0 Å². The van der Waals surface area contributed by atoms with Crippen molar-refractivity contribution in [3.8, 4) is 11.4 Å². The van der Waals surface area contributed by atoms with E-state index in [4.69, 9.17) is 9.72 Å². The van der Waals surface area contributed by atoms with Gasteiger partial charge in [0.05, 0.1) is 18.3 Å². The molecular formula is C21H27ClN4O2. The lowest BCUT2D eigenvalue weighted by Crippen LogP contribution is -2.52. The number of nitrogens with zero attached hydrogens (tertiary/aromatic N) is 3. The second-order valence-corrected chi connectivity index (χ2v) is 7.36. The quantitative estimate of drug-likeness (QED) is 0.854. The molecule has 2 aliphatic heterocycles. The number of hydrogen-bond acceptors (Lipinski definition) is 5. The first-order valence-corrected chi connectivity index (χ1v) is 9.65. The molecule has 0 radical (unpaired) electrons. The van der Waals surface area contributed by atoms with E-state index in [0.29, 0.717) is 19.7 Å². The fourth-order valence-electron chi connectivity index (χ4n) is 4.00. The van der Waals surface area contributed by atoms with Crippen LogP contribution in [0.4, 0.5) is 0 Å². The van der Waals surface area contributed by atoms with Crippen LogP contribution in [0.2, 0.25) is 0 Å². The minimum atomic E-state index is -0.403. The number of piperidine rings is 1. The topological polar surface area (TPSA) is 67.4 Å². The van der Waals surface area contributed by atoms with Crippen molar-refractivity contribution in [2.75, 3.05) is 26.7 Å². The molecule has 1 amide bonds. The van der Waals surface area contributed by atoms with E-state index < -0.39 is 5.60 Å². The summed E-state index contributed by atoms with van der Waals surface area (Å²) >= 11 is 0. The highest BCUT2D eigenvalue weighted by Gasteiger charge is 2.43. The van der Waals surface area contributed by atoms with E-state index in [1.807, 2.05) is 55.4 Å². The number of rotatable bonds is 3. The van der Waals surface area contributed by atoms with E-state index in [1.165, 1.54) is 5.56 Å². The van der Waals surface area contributed by atoms with E-state index in [0.717, 1.165) is 36.3 Å². The zero-order chi connectivity index (χ0) is 18.9. The smallest absolute Gasteiger partial charge is 0.239 e. The van der Waals surface area contributed by atoms with Gasteiger partial charge < -0.3 is 15.0 Å². The van der Waals surface area contributed by atoms with Crippen molar-refractivity contribution in [1.82, 2.24) is 20.2 Å². The molecule has 28 heavy (non-hydrogen) atoms. The minimum Gasteiger partial charge on any atom is -0.368 e. The van der Waals surface area contributed by atoms with Crippen molar-refractivity contribution >= 4 is 18.3 Å². The summed E-state index contributed by atoms with van der Waals surface area (Å²) in [6.45, 7) is 3.96. The molecule has 1 N–H and O–H groups in total. The maximum Gasteiger partial charge on any atom is 0.239 e. The van der Waals surface area contributed by atoms with Crippen LogP contribution in [0.25, 0.3) is 11.4 Å². The second kappa shape index (κ2) is 8.55. The van der Waals surface area contributed by atoms with Gasteiger partial charge in [0.15, 0.2) is 5.82 Å². The Labute approximate surface area is 172 Å². The molecule has 3 heterocycles. The Bertz CT molecular complexity index is 822. The summed E-state index contributed by atoms with van der Waals surface area (Å²) in [5, 5.41) is 3.03. The lowest BCUT2D eigenvalue weighted by atomic mass is 9.83. The van der Waals surface area contributed by atoms with Gasteiger partial charge in [-0.05, 0) is 38.8 Å². The molecule has 1 saturated heterocycles. The first-order valence-electron chi connectivity index (χ1n) is 9.65. The molecule has 1 spiro atoms.